The lowest BCUT2D eigenvalue weighted by atomic mass is 10.1. The highest BCUT2D eigenvalue weighted by atomic mass is 35.5. The zero-order valence-electron chi connectivity index (χ0n) is 17.5. The molecule has 0 radical (unpaired) electrons. The maximum absolute atomic E-state index is 10.3. The lowest BCUT2D eigenvalue weighted by Crippen LogP contribution is -2.33. The molecule has 1 aliphatic carbocycles. The van der Waals surface area contributed by atoms with Crippen LogP contribution < -0.4 is 4.74 Å². The third kappa shape index (κ3) is 4.69. The van der Waals surface area contributed by atoms with Crippen molar-refractivity contribution in [2.75, 3.05) is 6.54 Å². The van der Waals surface area contributed by atoms with Crippen LogP contribution >= 0.6 is 11.6 Å². The van der Waals surface area contributed by atoms with E-state index in [0.29, 0.717) is 35.8 Å². The van der Waals surface area contributed by atoms with Crippen molar-refractivity contribution >= 4 is 11.6 Å². The van der Waals surface area contributed by atoms with Crippen LogP contribution in [0, 0.1) is 0 Å². The summed E-state index contributed by atoms with van der Waals surface area (Å²) in [5.74, 6) is 1.29. The van der Waals surface area contributed by atoms with E-state index in [1.54, 1.807) is 4.68 Å². The van der Waals surface area contributed by atoms with Gasteiger partial charge in [-0.3, -0.25) is 4.90 Å². The van der Waals surface area contributed by atoms with Crippen LogP contribution in [0.1, 0.15) is 31.7 Å². The number of ether oxygens (including phenoxy) is 1. The van der Waals surface area contributed by atoms with Gasteiger partial charge in [0.1, 0.15) is 11.4 Å². The fourth-order valence-corrected chi connectivity index (χ4v) is 3.84. The van der Waals surface area contributed by atoms with Crippen molar-refractivity contribution in [3.63, 3.8) is 0 Å². The van der Waals surface area contributed by atoms with Crippen molar-refractivity contribution in [1.82, 2.24) is 14.7 Å². The van der Waals surface area contributed by atoms with Crippen LogP contribution in [0.3, 0.4) is 0 Å². The summed E-state index contributed by atoms with van der Waals surface area (Å²) in [6, 6.07) is 18.1. The van der Waals surface area contributed by atoms with Gasteiger partial charge in [-0.2, -0.15) is 5.10 Å². The third-order valence-corrected chi connectivity index (χ3v) is 5.83. The summed E-state index contributed by atoms with van der Waals surface area (Å²) in [7, 11) is 1.89. The van der Waals surface area contributed by atoms with Gasteiger partial charge in [0.05, 0.1) is 16.7 Å². The molecule has 4 rings (SSSR count). The molecule has 30 heavy (non-hydrogen) atoms. The Labute approximate surface area is 182 Å². The van der Waals surface area contributed by atoms with Gasteiger partial charge in [0.25, 0.3) is 0 Å². The summed E-state index contributed by atoms with van der Waals surface area (Å²) >= 11 is 6.36. The minimum absolute atomic E-state index is 0.338. The normalized spacial score (nSPS) is 14.8. The monoisotopic (exact) mass is 425 g/mol. The highest BCUT2D eigenvalue weighted by Gasteiger charge is 2.32. The predicted molar refractivity (Wildman–Crippen MR) is 120 cm³/mol. The van der Waals surface area contributed by atoms with Crippen molar-refractivity contribution in [3.8, 4) is 22.9 Å². The molecule has 5 nitrogen and oxygen atoms in total. The first-order valence-electron chi connectivity index (χ1n) is 10.5. The van der Waals surface area contributed by atoms with E-state index in [0.717, 1.165) is 36.1 Å². The number of hydrogen-bond donors (Lipinski definition) is 1. The second kappa shape index (κ2) is 9.21. The quantitative estimate of drug-likeness (QED) is 0.507. The summed E-state index contributed by atoms with van der Waals surface area (Å²) < 4.78 is 8.07. The molecule has 0 spiro atoms. The van der Waals surface area contributed by atoms with E-state index in [9.17, 15) is 5.11 Å². The van der Waals surface area contributed by atoms with Gasteiger partial charge in [0.15, 0.2) is 0 Å². The lowest BCUT2D eigenvalue weighted by Gasteiger charge is -2.25. The Morgan fingerprint density at radius 2 is 1.87 bits per heavy atom. The van der Waals surface area contributed by atoms with Crippen LogP contribution in [0.5, 0.6) is 11.6 Å². The first-order valence-corrected chi connectivity index (χ1v) is 10.9. The van der Waals surface area contributed by atoms with Gasteiger partial charge in [0, 0.05) is 31.7 Å². The molecule has 3 aromatic rings. The summed E-state index contributed by atoms with van der Waals surface area (Å²) in [6.07, 6.45) is 2.73. The Hall–Kier alpha value is -2.34. The van der Waals surface area contributed by atoms with Crippen molar-refractivity contribution in [1.29, 1.82) is 0 Å². The van der Waals surface area contributed by atoms with Crippen LogP contribution in [0.2, 0.25) is 5.02 Å². The number of aromatic nitrogens is 2. The number of aryl methyl sites for hydroxylation is 1. The molecular formula is C24H28ClN3O2. The molecule has 0 saturated heterocycles. The maximum Gasteiger partial charge on any atom is 0.222 e. The van der Waals surface area contributed by atoms with Gasteiger partial charge in [-0.05, 0) is 31.4 Å². The number of benzene rings is 2. The summed E-state index contributed by atoms with van der Waals surface area (Å²) in [5.41, 5.74) is 2.96. The Morgan fingerprint density at radius 1 is 1.17 bits per heavy atom. The number of rotatable bonds is 9. The van der Waals surface area contributed by atoms with Crippen molar-refractivity contribution in [2.24, 2.45) is 7.05 Å². The smallest absolute Gasteiger partial charge is 0.222 e. The molecule has 0 bridgehead atoms. The molecule has 0 unspecified atom stereocenters. The average molecular weight is 426 g/mol. The summed E-state index contributed by atoms with van der Waals surface area (Å²) in [4.78, 5) is 2.36. The first kappa shape index (κ1) is 20.9. The maximum atomic E-state index is 10.3. The number of halogens is 1. The topological polar surface area (TPSA) is 50.5 Å². The van der Waals surface area contributed by atoms with E-state index >= 15 is 0 Å². The molecule has 1 N–H and O–H groups in total. The minimum atomic E-state index is -0.338. The van der Waals surface area contributed by atoms with E-state index in [1.807, 2.05) is 56.4 Å². The molecule has 1 saturated carbocycles. The first-order chi connectivity index (χ1) is 14.6. The minimum Gasteiger partial charge on any atom is -0.437 e. The largest absolute Gasteiger partial charge is 0.437 e. The van der Waals surface area contributed by atoms with E-state index in [2.05, 4.69) is 17.0 Å². The highest BCUT2D eigenvalue weighted by Crippen LogP contribution is 2.38. The second-order valence-corrected chi connectivity index (χ2v) is 8.28. The number of nitrogens with zero attached hydrogens (tertiary/aromatic N) is 3. The van der Waals surface area contributed by atoms with Crippen LogP contribution in [-0.4, -0.2) is 38.5 Å². The van der Waals surface area contributed by atoms with Crippen molar-refractivity contribution in [3.05, 3.63) is 65.2 Å². The Kier molecular flexibility index (Phi) is 6.42. The molecule has 2 aromatic carbocycles. The SMILES string of the molecule is CC[C@H](O)CN(Cc1c(-c2ccccc2)nn(C)c1Oc1ccccc1Cl)C1CC1. The molecular weight excluding hydrogens is 398 g/mol. The van der Waals surface area contributed by atoms with Crippen molar-refractivity contribution < 1.29 is 9.84 Å². The van der Waals surface area contributed by atoms with Crippen molar-refractivity contribution in [2.45, 2.75) is 44.9 Å². The predicted octanol–water partition coefficient (Wildman–Crippen LogP) is 5.27. The van der Waals surface area contributed by atoms with Crippen LogP contribution in [-0.2, 0) is 13.6 Å². The van der Waals surface area contributed by atoms with Crippen LogP contribution in [0.4, 0.5) is 0 Å². The average Bonchev–Trinajstić information content (AvgIpc) is 3.56. The summed E-state index contributed by atoms with van der Waals surface area (Å²) in [6.45, 7) is 3.33. The molecule has 0 aliphatic heterocycles. The lowest BCUT2D eigenvalue weighted by molar-refractivity contribution is 0.101. The molecule has 1 aromatic heterocycles. The Morgan fingerprint density at radius 3 is 2.53 bits per heavy atom. The number of aliphatic hydroxyl groups is 1. The van der Waals surface area contributed by atoms with Gasteiger partial charge in [-0.15, -0.1) is 0 Å². The van der Waals surface area contributed by atoms with E-state index in [1.165, 1.54) is 0 Å². The second-order valence-electron chi connectivity index (χ2n) is 7.88. The number of para-hydroxylation sites is 1. The zero-order valence-corrected chi connectivity index (χ0v) is 18.2. The van der Waals surface area contributed by atoms with E-state index in [4.69, 9.17) is 21.4 Å². The standard InChI is InChI=1S/C24H28ClN3O2/c1-3-19(29)15-28(18-13-14-18)16-20-23(17-9-5-4-6-10-17)26-27(2)24(20)30-22-12-8-7-11-21(22)25/h4-12,18-19,29H,3,13-16H2,1-2H3/t19-/m0/s1. The fourth-order valence-electron chi connectivity index (χ4n) is 3.67. The summed E-state index contributed by atoms with van der Waals surface area (Å²) in [5, 5.41) is 15.7. The van der Waals surface area contributed by atoms with Gasteiger partial charge in [-0.25, -0.2) is 4.68 Å². The Bertz CT molecular complexity index is 985. The van der Waals surface area contributed by atoms with Gasteiger partial charge in [0.2, 0.25) is 5.88 Å². The van der Waals surface area contributed by atoms with Gasteiger partial charge < -0.3 is 9.84 Å². The molecule has 1 heterocycles. The Balaban J connectivity index is 1.74. The molecule has 158 valence electrons. The fraction of sp³-hybridized carbons (Fsp3) is 0.375. The third-order valence-electron chi connectivity index (χ3n) is 5.52. The number of aliphatic hydroxyl groups excluding tert-OH is 1. The highest BCUT2D eigenvalue weighted by molar-refractivity contribution is 6.32. The van der Waals surface area contributed by atoms with Gasteiger partial charge >= 0.3 is 0 Å². The zero-order chi connectivity index (χ0) is 21.1. The van der Waals surface area contributed by atoms with Crippen LogP contribution in [0.25, 0.3) is 11.3 Å². The van der Waals surface area contributed by atoms with E-state index in [-0.39, 0.29) is 6.10 Å². The molecule has 0 amide bonds. The number of hydrogen-bond acceptors (Lipinski definition) is 4. The molecule has 6 heteroatoms. The molecule has 1 fully saturated rings. The van der Waals surface area contributed by atoms with Crippen LogP contribution in [0.15, 0.2) is 54.6 Å². The van der Waals surface area contributed by atoms with E-state index < -0.39 is 0 Å². The molecule has 1 aliphatic rings. The van der Waals surface area contributed by atoms with Gasteiger partial charge in [-0.1, -0.05) is 61.0 Å². The molecule has 1 atom stereocenters.